The molecule has 0 fully saturated rings. The summed E-state index contributed by atoms with van der Waals surface area (Å²) in [6.07, 6.45) is -0.943. The average Bonchev–Trinajstić information content (AvgIpc) is 2.09. The van der Waals surface area contributed by atoms with Crippen LogP contribution in [0.1, 0.15) is 12.5 Å². The van der Waals surface area contributed by atoms with Gasteiger partial charge in [-0.15, -0.1) is 0 Å². The standard InChI is InChI=1S/C9H9F2NO3/c1-5(13)2-6-3-7(10)8(11)4-9(6)12(14)15/h3-5,13H,2H2,1H3/t5-/m1/s1. The van der Waals surface area contributed by atoms with Crippen LogP contribution in [-0.4, -0.2) is 16.1 Å². The van der Waals surface area contributed by atoms with Crippen molar-refractivity contribution >= 4 is 5.69 Å². The molecule has 6 heteroatoms. The first-order chi connectivity index (χ1) is 6.91. The second-order valence-corrected chi connectivity index (χ2v) is 3.21. The summed E-state index contributed by atoms with van der Waals surface area (Å²) in [4.78, 5) is 9.70. The van der Waals surface area contributed by atoms with Gasteiger partial charge in [0.05, 0.1) is 17.1 Å². The fraction of sp³-hybridized carbons (Fsp3) is 0.333. The molecule has 0 saturated heterocycles. The molecule has 0 aliphatic heterocycles. The second kappa shape index (κ2) is 4.31. The van der Waals surface area contributed by atoms with E-state index in [2.05, 4.69) is 0 Å². The van der Waals surface area contributed by atoms with Crippen molar-refractivity contribution < 1.29 is 18.8 Å². The molecule has 1 atom stereocenters. The van der Waals surface area contributed by atoms with Crippen LogP contribution in [0, 0.1) is 21.7 Å². The van der Waals surface area contributed by atoms with Gasteiger partial charge >= 0.3 is 0 Å². The molecule has 0 unspecified atom stereocenters. The summed E-state index contributed by atoms with van der Waals surface area (Å²) in [5.74, 6) is -2.42. The first-order valence-electron chi connectivity index (χ1n) is 4.22. The largest absolute Gasteiger partial charge is 0.393 e. The van der Waals surface area contributed by atoms with E-state index in [-0.39, 0.29) is 12.0 Å². The van der Waals surface area contributed by atoms with Gasteiger partial charge in [-0.05, 0) is 13.0 Å². The zero-order valence-corrected chi connectivity index (χ0v) is 7.91. The third-order valence-electron chi connectivity index (χ3n) is 1.83. The maximum atomic E-state index is 12.8. The molecule has 0 spiro atoms. The van der Waals surface area contributed by atoms with E-state index in [1.807, 2.05) is 0 Å². The van der Waals surface area contributed by atoms with Gasteiger partial charge in [-0.2, -0.15) is 0 Å². The van der Waals surface area contributed by atoms with Gasteiger partial charge in [-0.1, -0.05) is 0 Å². The van der Waals surface area contributed by atoms with Crippen molar-refractivity contribution in [3.8, 4) is 0 Å². The number of aliphatic hydroxyl groups excluding tert-OH is 1. The summed E-state index contributed by atoms with van der Waals surface area (Å²) < 4.78 is 25.5. The van der Waals surface area contributed by atoms with E-state index in [4.69, 9.17) is 5.11 Å². The first kappa shape index (κ1) is 11.5. The number of hydrogen-bond donors (Lipinski definition) is 1. The van der Waals surface area contributed by atoms with Crippen molar-refractivity contribution in [3.63, 3.8) is 0 Å². The lowest BCUT2D eigenvalue weighted by atomic mass is 10.1. The van der Waals surface area contributed by atoms with Crippen molar-refractivity contribution in [1.82, 2.24) is 0 Å². The average molecular weight is 217 g/mol. The SMILES string of the molecule is C[C@@H](O)Cc1cc(F)c(F)cc1[N+](=O)[O-]. The van der Waals surface area contributed by atoms with E-state index >= 15 is 0 Å². The third kappa shape index (κ3) is 2.69. The number of nitro benzene ring substituents is 1. The summed E-state index contributed by atoms with van der Waals surface area (Å²) in [6, 6.07) is 1.26. The minimum absolute atomic E-state index is 0.0195. The van der Waals surface area contributed by atoms with Crippen LogP contribution in [0.3, 0.4) is 0 Å². The molecule has 4 nitrogen and oxygen atoms in total. The highest BCUT2D eigenvalue weighted by Crippen LogP contribution is 2.23. The number of benzene rings is 1. The van der Waals surface area contributed by atoms with E-state index in [0.717, 1.165) is 6.07 Å². The zero-order chi connectivity index (χ0) is 11.6. The highest BCUT2D eigenvalue weighted by atomic mass is 19.2. The maximum absolute atomic E-state index is 12.8. The molecule has 0 aliphatic carbocycles. The van der Waals surface area contributed by atoms with Crippen LogP contribution in [0.2, 0.25) is 0 Å². The summed E-state index contributed by atoms with van der Waals surface area (Å²) in [6.45, 7) is 1.41. The molecule has 0 saturated carbocycles. The lowest BCUT2D eigenvalue weighted by Gasteiger charge is -2.05. The van der Waals surface area contributed by atoms with Gasteiger partial charge in [0.1, 0.15) is 0 Å². The molecular weight excluding hydrogens is 208 g/mol. The van der Waals surface area contributed by atoms with Gasteiger partial charge < -0.3 is 5.11 Å². The number of hydrogen-bond acceptors (Lipinski definition) is 3. The first-order valence-corrected chi connectivity index (χ1v) is 4.22. The molecular formula is C9H9F2NO3. The van der Waals surface area contributed by atoms with Gasteiger partial charge in [0.2, 0.25) is 0 Å². The molecule has 0 aliphatic rings. The number of halogens is 2. The second-order valence-electron chi connectivity index (χ2n) is 3.21. The molecule has 0 heterocycles. The molecule has 82 valence electrons. The van der Waals surface area contributed by atoms with E-state index in [1.165, 1.54) is 6.92 Å². The van der Waals surface area contributed by atoms with Crippen molar-refractivity contribution in [2.45, 2.75) is 19.4 Å². The molecule has 0 amide bonds. The van der Waals surface area contributed by atoms with Crippen LogP contribution >= 0.6 is 0 Å². The molecule has 15 heavy (non-hydrogen) atoms. The summed E-state index contributed by atoms with van der Waals surface area (Å²) in [7, 11) is 0. The summed E-state index contributed by atoms with van der Waals surface area (Å²) >= 11 is 0. The molecule has 0 aromatic heterocycles. The number of nitrogens with zero attached hydrogens (tertiary/aromatic N) is 1. The van der Waals surface area contributed by atoms with Gasteiger partial charge in [-0.3, -0.25) is 10.1 Å². The Balaban J connectivity index is 3.22. The van der Waals surface area contributed by atoms with E-state index in [9.17, 15) is 18.9 Å². The minimum Gasteiger partial charge on any atom is -0.393 e. The zero-order valence-electron chi connectivity index (χ0n) is 7.91. The van der Waals surface area contributed by atoms with Crippen molar-refractivity contribution in [2.75, 3.05) is 0 Å². The Kier molecular flexibility index (Phi) is 3.31. The lowest BCUT2D eigenvalue weighted by molar-refractivity contribution is -0.385. The molecule has 1 aromatic carbocycles. The Labute approximate surface area is 84.3 Å². The van der Waals surface area contributed by atoms with Gasteiger partial charge in [-0.25, -0.2) is 8.78 Å². The summed E-state index contributed by atoms with van der Waals surface area (Å²) in [5.41, 5.74) is -0.538. The minimum atomic E-state index is -1.27. The number of aliphatic hydroxyl groups is 1. The normalized spacial score (nSPS) is 12.5. The highest BCUT2D eigenvalue weighted by molar-refractivity contribution is 5.41. The van der Waals surface area contributed by atoms with E-state index < -0.39 is 28.3 Å². The molecule has 1 N–H and O–H groups in total. The Hall–Kier alpha value is -1.56. The van der Waals surface area contributed by atoms with Crippen LogP contribution in [-0.2, 0) is 6.42 Å². The Bertz CT molecular complexity index is 393. The highest BCUT2D eigenvalue weighted by Gasteiger charge is 2.19. The van der Waals surface area contributed by atoms with Crippen LogP contribution in [0.15, 0.2) is 12.1 Å². The predicted molar refractivity (Wildman–Crippen MR) is 48.4 cm³/mol. The number of nitro groups is 1. The van der Waals surface area contributed by atoms with E-state index in [0.29, 0.717) is 6.07 Å². The quantitative estimate of drug-likeness (QED) is 0.620. The molecule has 0 radical (unpaired) electrons. The lowest BCUT2D eigenvalue weighted by Crippen LogP contribution is -2.08. The van der Waals surface area contributed by atoms with Crippen molar-refractivity contribution in [3.05, 3.63) is 39.4 Å². The van der Waals surface area contributed by atoms with Crippen LogP contribution in [0.5, 0.6) is 0 Å². The van der Waals surface area contributed by atoms with E-state index in [1.54, 1.807) is 0 Å². The molecule has 0 bridgehead atoms. The van der Waals surface area contributed by atoms with Crippen LogP contribution in [0.25, 0.3) is 0 Å². The Morgan fingerprint density at radius 1 is 1.47 bits per heavy atom. The van der Waals surface area contributed by atoms with Gasteiger partial charge in [0, 0.05) is 12.0 Å². The molecule has 1 rings (SSSR count). The predicted octanol–water partition coefficient (Wildman–Crippen LogP) is 1.80. The molecule has 1 aromatic rings. The Morgan fingerprint density at radius 3 is 2.47 bits per heavy atom. The topological polar surface area (TPSA) is 63.4 Å². The monoisotopic (exact) mass is 217 g/mol. The smallest absolute Gasteiger partial charge is 0.275 e. The fourth-order valence-electron chi connectivity index (χ4n) is 1.23. The van der Waals surface area contributed by atoms with Gasteiger partial charge in [0.15, 0.2) is 11.6 Å². The van der Waals surface area contributed by atoms with Gasteiger partial charge in [0.25, 0.3) is 5.69 Å². The van der Waals surface area contributed by atoms with Crippen LogP contribution in [0.4, 0.5) is 14.5 Å². The third-order valence-corrected chi connectivity index (χ3v) is 1.83. The van der Waals surface area contributed by atoms with Crippen molar-refractivity contribution in [1.29, 1.82) is 0 Å². The number of rotatable bonds is 3. The van der Waals surface area contributed by atoms with Crippen LogP contribution < -0.4 is 0 Å². The van der Waals surface area contributed by atoms with Crippen molar-refractivity contribution in [2.24, 2.45) is 0 Å². The maximum Gasteiger partial charge on any atom is 0.275 e. The fourth-order valence-corrected chi connectivity index (χ4v) is 1.23. The summed E-state index contributed by atoms with van der Waals surface area (Å²) in [5, 5.41) is 19.5. The Morgan fingerprint density at radius 2 is 2.00 bits per heavy atom.